The first-order valence-corrected chi connectivity index (χ1v) is 10.3. The van der Waals surface area contributed by atoms with Gasteiger partial charge in [-0.3, -0.25) is 0 Å². The van der Waals surface area contributed by atoms with Gasteiger partial charge in [-0.25, -0.2) is 22.5 Å². The summed E-state index contributed by atoms with van der Waals surface area (Å²) in [5.41, 5.74) is 2.45. The maximum atomic E-state index is 13.3. The van der Waals surface area contributed by atoms with Gasteiger partial charge in [0.05, 0.1) is 6.04 Å². The molecule has 0 spiro atoms. The zero-order chi connectivity index (χ0) is 23.0. The van der Waals surface area contributed by atoms with Crippen LogP contribution in [0, 0.1) is 5.92 Å². The van der Waals surface area contributed by atoms with Crippen LogP contribution in [0.2, 0.25) is 5.02 Å². The van der Waals surface area contributed by atoms with E-state index in [1.807, 2.05) is 0 Å². The van der Waals surface area contributed by atoms with Crippen molar-refractivity contribution in [3.63, 3.8) is 0 Å². The molecule has 172 valence electrons. The summed E-state index contributed by atoms with van der Waals surface area (Å²) in [6.07, 6.45) is -5.63. The summed E-state index contributed by atoms with van der Waals surface area (Å²) in [5, 5.41) is 20.7. The Morgan fingerprint density at radius 1 is 1.06 bits per heavy atom. The zero-order valence-corrected chi connectivity index (χ0v) is 17.4. The number of aromatic nitrogens is 4. The van der Waals surface area contributed by atoms with Crippen molar-refractivity contribution >= 4 is 28.5 Å². The number of H-pyrrole nitrogens is 1. The van der Waals surface area contributed by atoms with Gasteiger partial charge in [0.15, 0.2) is 0 Å². The molecule has 4 rings (SSSR count). The standard InChI is InChI=1S/C20H20ClF4N5O2/c21-10-1-2-13-12(6-10)11-3-4-30(14(15(11)26-13)5-9(7-31)8-32)20-28-18(16(22)23)27-19(29-20)17(24)25/h1-2,6,9,14,16-17,26,31-32H,3-5,7-8H2/t14-/m0/s1. The number of aliphatic hydroxyl groups excluding tert-OH is 2. The maximum absolute atomic E-state index is 13.3. The van der Waals surface area contributed by atoms with Gasteiger partial charge < -0.3 is 20.1 Å². The molecule has 1 aliphatic rings. The minimum atomic E-state index is -3.15. The molecule has 1 aromatic carbocycles. The largest absolute Gasteiger partial charge is 0.396 e. The second-order valence-corrected chi connectivity index (χ2v) is 8.02. The SMILES string of the molecule is OCC(CO)C[C@H]1c2[nH]c3ccc(Cl)cc3c2CCN1c1nc(C(F)F)nc(C(F)F)n1. The van der Waals surface area contributed by atoms with Crippen molar-refractivity contribution in [3.05, 3.63) is 46.1 Å². The van der Waals surface area contributed by atoms with Crippen molar-refractivity contribution in [2.75, 3.05) is 24.7 Å². The van der Waals surface area contributed by atoms with E-state index in [4.69, 9.17) is 11.6 Å². The Morgan fingerprint density at radius 2 is 1.72 bits per heavy atom. The number of alkyl halides is 4. The maximum Gasteiger partial charge on any atom is 0.297 e. The van der Waals surface area contributed by atoms with Gasteiger partial charge in [-0.2, -0.15) is 9.97 Å². The smallest absolute Gasteiger partial charge is 0.297 e. The van der Waals surface area contributed by atoms with Crippen molar-refractivity contribution in [1.29, 1.82) is 0 Å². The van der Waals surface area contributed by atoms with Gasteiger partial charge in [-0.15, -0.1) is 0 Å². The molecule has 2 aromatic heterocycles. The van der Waals surface area contributed by atoms with Gasteiger partial charge in [-0.1, -0.05) is 11.6 Å². The minimum absolute atomic E-state index is 0.209. The zero-order valence-electron chi connectivity index (χ0n) is 16.7. The van der Waals surface area contributed by atoms with Gasteiger partial charge in [0.1, 0.15) is 0 Å². The Balaban J connectivity index is 1.84. The lowest BCUT2D eigenvalue weighted by molar-refractivity contribution is 0.125. The predicted molar refractivity (Wildman–Crippen MR) is 109 cm³/mol. The highest BCUT2D eigenvalue weighted by Gasteiger charge is 2.35. The van der Waals surface area contributed by atoms with Crippen LogP contribution < -0.4 is 4.90 Å². The molecule has 3 heterocycles. The number of halogens is 5. The quantitative estimate of drug-likeness (QED) is 0.449. The van der Waals surface area contributed by atoms with Crippen LogP contribution in [0.3, 0.4) is 0 Å². The molecule has 7 nitrogen and oxygen atoms in total. The third-order valence-corrected chi connectivity index (χ3v) is 5.83. The van der Waals surface area contributed by atoms with E-state index >= 15 is 0 Å². The summed E-state index contributed by atoms with van der Waals surface area (Å²) in [6.45, 7) is -0.385. The minimum Gasteiger partial charge on any atom is -0.396 e. The van der Waals surface area contributed by atoms with E-state index in [1.54, 1.807) is 18.2 Å². The number of aromatic amines is 1. The molecule has 0 radical (unpaired) electrons. The van der Waals surface area contributed by atoms with Crippen LogP contribution in [0.15, 0.2) is 18.2 Å². The Labute approximate surface area is 185 Å². The van der Waals surface area contributed by atoms with Crippen LogP contribution >= 0.6 is 11.6 Å². The second kappa shape index (κ2) is 9.16. The summed E-state index contributed by atoms with van der Waals surface area (Å²) in [7, 11) is 0. The number of rotatable bonds is 7. The van der Waals surface area contributed by atoms with Crippen LogP contribution in [0.25, 0.3) is 10.9 Å². The fourth-order valence-electron chi connectivity index (χ4n) is 4.07. The van der Waals surface area contributed by atoms with Gasteiger partial charge in [0.2, 0.25) is 17.6 Å². The van der Waals surface area contributed by atoms with E-state index in [9.17, 15) is 27.8 Å². The summed E-state index contributed by atoms with van der Waals surface area (Å²) in [5.74, 6) is -2.89. The monoisotopic (exact) mass is 473 g/mol. The molecule has 0 amide bonds. The number of hydrogen-bond donors (Lipinski definition) is 3. The summed E-state index contributed by atoms with van der Waals surface area (Å²) < 4.78 is 53.2. The number of nitrogens with zero attached hydrogens (tertiary/aromatic N) is 4. The first-order chi connectivity index (χ1) is 15.3. The number of benzene rings is 1. The van der Waals surface area contributed by atoms with Gasteiger partial charge >= 0.3 is 0 Å². The van der Waals surface area contributed by atoms with E-state index < -0.39 is 36.5 Å². The molecule has 0 saturated carbocycles. The highest BCUT2D eigenvalue weighted by atomic mass is 35.5. The lowest BCUT2D eigenvalue weighted by Gasteiger charge is -2.37. The number of hydrogen-bond acceptors (Lipinski definition) is 6. The number of fused-ring (bicyclic) bond motifs is 3. The fourth-order valence-corrected chi connectivity index (χ4v) is 4.24. The van der Waals surface area contributed by atoms with Crippen LogP contribution in [0.1, 0.15) is 48.2 Å². The van der Waals surface area contributed by atoms with E-state index in [2.05, 4.69) is 19.9 Å². The Kier molecular flexibility index (Phi) is 6.50. The molecule has 12 heteroatoms. The number of nitrogens with one attached hydrogen (secondary N) is 1. The van der Waals surface area contributed by atoms with E-state index in [-0.39, 0.29) is 32.1 Å². The Bertz CT molecular complexity index is 1080. The Morgan fingerprint density at radius 3 is 2.31 bits per heavy atom. The van der Waals surface area contributed by atoms with Crippen molar-refractivity contribution in [2.24, 2.45) is 5.92 Å². The normalized spacial score (nSPS) is 16.6. The predicted octanol–water partition coefficient (Wildman–Crippen LogP) is 3.98. The van der Waals surface area contributed by atoms with Crippen molar-refractivity contribution in [3.8, 4) is 0 Å². The topological polar surface area (TPSA) is 98.2 Å². The van der Waals surface area contributed by atoms with Crippen molar-refractivity contribution in [2.45, 2.75) is 31.7 Å². The van der Waals surface area contributed by atoms with E-state index in [1.165, 1.54) is 4.90 Å². The molecule has 0 unspecified atom stereocenters. The van der Waals surface area contributed by atoms with Crippen LogP contribution in [-0.2, 0) is 6.42 Å². The molecule has 0 aliphatic carbocycles. The third-order valence-electron chi connectivity index (χ3n) is 5.59. The van der Waals surface area contributed by atoms with Crippen molar-refractivity contribution in [1.82, 2.24) is 19.9 Å². The van der Waals surface area contributed by atoms with E-state index in [0.717, 1.165) is 16.5 Å². The van der Waals surface area contributed by atoms with Crippen LogP contribution in [0.4, 0.5) is 23.5 Å². The molecule has 3 aromatic rings. The highest BCUT2D eigenvalue weighted by molar-refractivity contribution is 6.31. The van der Waals surface area contributed by atoms with Crippen LogP contribution in [0.5, 0.6) is 0 Å². The molecule has 0 bridgehead atoms. The third kappa shape index (κ3) is 4.24. The van der Waals surface area contributed by atoms with E-state index in [0.29, 0.717) is 17.1 Å². The van der Waals surface area contributed by atoms with Crippen LogP contribution in [-0.4, -0.2) is 49.9 Å². The average Bonchev–Trinajstić information content (AvgIpc) is 3.15. The lowest BCUT2D eigenvalue weighted by Crippen LogP contribution is -2.39. The number of aliphatic hydroxyl groups is 2. The molecule has 1 atom stereocenters. The van der Waals surface area contributed by atoms with Gasteiger partial charge in [-0.05, 0) is 36.6 Å². The van der Waals surface area contributed by atoms with Gasteiger partial charge in [0.25, 0.3) is 12.9 Å². The second-order valence-electron chi connectivity index (χ2n) is 7.59. The summed E-state index contributed by atoms with van der Waals surface area (Å²) in [4.78, 5) is 15.5. The molecule has 32 heavy (non-hydrogen) atoms. The average molecular weight is 474 g/mol. The highest BCUT2D eigenvalue weighted by Crippen LogP contribution is 2.40. The molecule has 3 N–H and O–H groups in total. The molecule has 0 fully saturated rings. The summed E-state index contributed by atoms with van der Waals surface area (Å²) >= 11 is 6.14. The van der Waals surface area contributed by atoms with Gasteiger partial charge in [0, 0.05) is 47.3 Å². The summed E-state index contributed by atoms with van der Waals surface area (Å²) in [6, 6.07) is 4.74. The fraction of sp³-hybridized carbons (Fsp3) is 0.450. The van der Waals surface area contributed by atoms with Crippen molar-refractivity contribution < 1.29 is 27.8 Å². The molecular formula is C20H20ClF4N5O2. The lowest BCUT2D eigenvalue weighted by atomic mass is 9.91. The first kappa shape index (κ1) is 22.7. The molecule has 1 aliphatic heterocycles. The Hall–Kier alpha value is -2.50. The molecular weight excluding hydrogens is 454 g/mol. The number of anilines is 1. The first-order valence-electron chi connectivity index (χ1n) is 9.92. The molecule has 0 saturated heterocycles.